The molecule has 3 amide bonds. The first-order valence-corrected chi connectivity index (χ1v) is 20.7. The van der Waals surface area contributed by atoms with Gasteiger partial charge in [0, 0.05) is 74.2 Å². The van der Waals surface area contributed by atoms with Gasteiger partial charge in [-0.2, -0.15) is 0 Å². The Hall–Kier alpha value is -5.67. The predicted molar refractivity (Wildman–Crippen MR) is 236 cm³/mol. The summed E-state index contributed by atoms with van der Waals surface area (Å²) in [6.07, 6.45) is 5.49. The number of hydrogen-bond donors (Lipinski definition) is 1. The fourth-order valence-corrected chi connectivity index (χ4v) is 10.2. The van der Waals surface area contributed by atoms with Crippen molar-refractivity contribution >= 4 is 72.6 Å². The summed E-state index contributed by atoms with van der Waals surface area (Å²) in [6, 6.07) is 21.5. The number of fused-ring (bicyclic) bond motifs is 2. The standard InChI is InChI=1S/C51H53N3O3/c1-27(2)47(28(3)4)53(9)49(55)39-22-20-37-36-19-23-40-45-41(51(57)54(50(40)56)48(29(5)6)30(7)8)24-21-38(44(36)45)42-33(16-13-31-14-17-35(52)18-15-31)26-34(43(39)46(37)42)25-32-11-10-12-32/h14-15,17-30,47-48H,10-12,52H2,1-9H3. The minimum absolute atomic E-state index is 0.00828. The second-order valence-corrected chi connectivity index (χ2v) is 17.8. The molecule has 290 valence electrons. The average molecular weight is 756 g/mol. The van der Waals surface area contributed by atoms with Gasteiger partial charge in [0.25, 0.3) is 17.7 Å². The highest BCUT2D eigenvalue weighted by Crippen LogP contribution is 2.48. The molecule has 57 heavy (non-hydrogen) atoms. The Bertz CT molecular complexity index is 2680. The number of amides is 3. The van der Waals surface area contributed by atoms with Gasteiger partial charge >= 0.3 is 0 Å². The number of carbonyl (C=O) groups excluding carboxylic acids is 3. The van der Waals surface area contributed by atoms with Gasteiger partial charge in [-0.15, -0.1) is 0 Å². The number of carbonyl (C=O) groups is 3. The molecular formula is C51H53N3O3. The van der Waals surface area contributed by atoms with Gasteiger partial charge in [-0.1, -0.05) is 97.1 Å². The number of anilines is 1. The molecule has 0 atom stereocenters. The third-order valence-corrected chi connectivity index (χ3v) is 12.6. The first kappa shape index (κ1) is 38.2. The van der Waals surface area contributed by atoms with Crippen molar-refractivity contribution in [2.24, 2.45) is 23.7 Å². The molecule has 2 aliphatic rings. The molecule has 0 radical (unpaired) electrons. The van der Waals surface area contributed by atoms with E-state index in [0.29, 0.717) is 27.8 Å². The van der Waals surface area contributed by atoms with Crippen LogP contribution >= 0.6 is 0 Å². The van der Waals surface area contributed by atoms with Crippen molar-refractivity contribution in [2.75, 3.05) is 12.8 Å². The van der Waals surface area contributed by atoms with Crippen LogP contribution in [0.1, 0.15) is 122 Å². The molecule has 1 saturated carbocycles. The van der Waals surface area contributed by atoms with E-state index in [1.807, 2.05) is 66.5 Å². The first-order chi connectivity index (χ1) is 27.2. The fourth-order valence-electron chi connectivity index (χ4n) is 10.2. The second kappa shape index (κ2) is 14.4. The lowest BCUT2D eigenvalue weighted by Gasteiger charge is -2.38. The van der Waals surface area contributed by atoms with E-state index in [0.717, 1.165) is 73.7 Å². The van der Waals surface area contributed by atoms with Crippen LogP contribution in [0, 0.1) is 35.5 Å². The van der Waals surface area contributed by atoms with Crippen LogP contribution in [0.15, 0.2) is 72.3 Å². The Morgan fingerprint density at radius 2 is 1.26 bits per heavy atom. The Balaban J connectivity index is 1.50. The molecular weight excluding hydrogens is 703 g/mol. The maximum Gasteiger partial charge on any atom is 0.261 e. The number of rotatable bonds is 8. The summed E-state index contributed by atoms with van der Waals surface area (Å²) in [4.78, 5) is 47.4. The molecule has 1 fully saturated rings. The van der Waals surface area contributed by atoms with E-state index in [1.165, 1.54) is 10.5 Å². The van der Waals surface area contributed by atoms with Gasteiger partial charge in [0.1, 0.15) is 0 Å². The summed E-state index contributed by atoms with van der Waals surface area (Å²) in [6.45, 7) is 17.0. The Morgan fingerprint density at radius 1 is 0.684 bits per heavy atom. The van der Waals surface area contributed by atoms with Crippen molar-refractivity contribution < 1.29 is 14.4 Å². The Kier molecular flexibility index (Phi) is 9.63. The summed E-state index contributed by atoms with van der Waals surface area (Å²) in [5.41, 5.74) is 12.5. The first-order valence-electron chi connectivity index (χ1n) is 20.7. The predicted octanol–water partition coefficient (Wildman–Crippen LogP) is 11.3. The zero-order valence-electron chi connectivity index (χ0n) is 34.7. The van der Waals surface area contributed by atoms with Crippen LogP contribution in [0.3, 0.4) is 0 Å². The number of nitrogen functional groups attached to an aromatic ring is 1. The number of benzene rings is 6. The van der Waals surface area contributed by atoms with Gasteiger partial charge in [0.05, 0.1) is 0 Å². The van der Waals surface area contributed by atoms with Gasteiger partial charge < -0.3 is 10.6 Å². The number of imide groups is 1. The molecule has 0 unspecified atom stereocenters. The highest BCUT2D eigenvalue weighted by atomic mass is 16.2. The van der Waals surface area contributed by atoms with Crippen molar-refractivity contribution in [2.45, 2.75) is 86.7 Å². The molecule has 1 aliphatic carbocycles. The number of hydrogen-bond acceptors (Lipinski definition) is 4. The van der Waals surface area contributed by atoms with Crippen LogP contribution in [-0.2, 0) is 0 Å². The zero-order chi connectivity index (χ0) is 40.6. The monoisotopic (exact) mass is 755 g/mol. The molecule has 6 heteroatoms. The normalized spacial score (nSPS) is 14.4. The van der Waals surface area contributed by atoms with E-state index in [9.17, 15) is 14.4 Å². The number of nitrogens with two attached hydrogens (primary N) is 1. The largest absolute Gasteiger partial charge is 0.399 e. The molecule has 1 heterocycles. The second-order valence-electron chi connectivity index (χ2n) is 17.8. The molecule has 0 bridgehead atoms. The summed E-state index contributed by atoms with van der Waals surface area (Å²) in [5, 5.41) is 7.19. The van der Waals surface area contributed by atoms with E-state index >= 15 is 0 Å². The van der Waals surface area contributed by atoms with Crippen molar-refractivity contribution in [3.8, 4) is 11.8 Å². The highest BCUT2D eigenvalue weighted by Gasteiger charge is 2.41. The van der Waals surface area contributed by atoms with Crippen LogP contribution in [0.25, 0.3) is 49.2 Å². The van der Waals surface area contributed by atoms with Crippen LogP contribution in [0.5, 0.6) is 0 Å². The Morgan fingerprint density at radius 3 is 1.82 bits per heavy atom. The molecule has 2 N–H and O–H groups in total. The third kappa shape index (κ3) is 6.14. The van der Waals surface area contributed by atoms with Gasteiger partial charge in [-0.3, -0.25) is 19.3 Å². The van der Waals surface area contributed by atoms with Gasteiger partial charge in [0.2, 0.25) is 0 Å². The van der Waals surface area contributed by atoms with E-state index in [-0.39, 0.29) is 53.5 Å². The van der Waals surface area contributed by atoms with Gasteiger partial charge in [-0.25, -0.2) is 0 Å². The molecule has 0 spiro atoms. The highest BCUT2D eigenvalue weighted by molar-refractivity contribution is 6.40. The van der Waals surface area contributed by atoms with E-state index in [2.05, 4.69) is 85.4 Å². The minimum Gasteiger partial charge on any atom is -0.399 e. The van der Waals surface area contributed by atoms with Crippen LogP contribution < -0.4 is 5.73 Å². The van der Waals surface area contributed by atoms with Crippen LogP contribution in [-0.4, -0.2) is 46.7 Å². The maximum absolute atomic E-state index is 14.9. The lowest BCUT2D eigenvalue weighted by atomic mass is 9.80. The molecule has 6 aromatic carbocycles. The zero-order valence-corrected chi connectivity index (χ0v) is 34.7. The number of nitrogens with zero attached hydrogens (tertiary/aromatic N) is 2. The van der Waals surface area contributed by atoms with E-state index in [1.54, 1.807) is 0 Å². The van der Waals surface area contributed by atoms with Crippen LogP contribution in [0.4, 0.5) is 5.69 Å². The summed E-state index contributed by atoms with van der Waals surface area (Å²) >= 11 is 0. The van der Waals surface area contributed by atoms with E-state index < -0.39 is 0 Å². The minimum atomic E-state index is -0.251. The van der Waals surface area contributed by atoms with Crippen molar-refractivity contribution in [1.82, 2.24) is 9.80 Å². The average Bonchev–Trinajstić information content (AvgIpc) is 3.15. The van der Waals surface area contributed by atoms with Crippen molar-refractivity contribution in [3.05, 3.63) is 106 Å². The smallest absolute Gasteiger partial charge is 0.261 e. The molecule has 0 aromatic heterocycles. The molecule has 0 saturated heterocycles. The third-order valence-electron chi connectivity index (χ3n) is 12.6. The molecule has 8 rings (SSSR count). The molecule has 6 nitrogen and oxygen atoms in total. The van der Waals surface area contributed by atoms with E-state index in [4.69, 9.17) is 5.73 Å². The topological polar surface area (TPSA) is 83.7 Å². The van der Waals surface area contributed by atoms with Gasteiger partial charge in [-0.05, 0) is 119 Å². The lowest BCUT2D eigenvalue weighted by Crippen LogP contribution is -2.51. The van der Waals surface area contributed by atoms with Crippen LogP contribution in [0.2, 0.25) is 0 Å². The van der Waals surface area contributed by atoms with Crippen molar-refractivity contribution in [3.63, 3.8) is 0 Å². The lowest BCUT2D eigenvalue weighted by molar-refractivity contribution is 0.0436. The maximum atomic E-state index is 14.9. The quantitative estimate of drug-likeness (QED) is 0.0551. The molecule has 6 aromatic rings. The van der Waals surface area contributed by atoms with Crippen molar-refractivity contribution in [1.29, 1.82) is 0 Å². The Labute approximate surface area is 336 Å². The van der Waals surface area contributed by atoms with Gasteiger partial charge in [0.15, 0.2) is 0 Å². The summed E-state index contributed by atoms with van der Waals surface area (Å²) in [7, 11) is 1.94. The molecule has 1 aliphatic heterocycles. The SMILES string of the molecule is CC(C)C(C(C)C)N(C)C(=O)c1ccc2c3ccc4c5c(ccc(c6c(C#Cc7ccc(N)cc7)cc(C=C7CCC7)c1c26)c53)C(=O)N(C(C(C)C)C(C)C)C4=O. The number of allylic oxidation sites excluding steroid dienone is 1. The summed E-state index contributed by atoms with van der Waals surface area (Å²) < 4.78 is 0. The summed E-state index contributed by atoms with van der Waals surface area (Å²) in [5.74, 6) is 7.20. The fraction of sp³-hybridized carbons (Fsp3) is 0.353.